The third-order valence-corrected chi connectivity index (χ3v) is 3.03. The summed E-state index contributed by atoms with van der Waals surface area (Å²) in [4.78, 5) is 13.8. The second-order valence-electron chi connectivity index (χ2n) is 4.30. The number of benzene rings is 1. The summed E-state index contributed by atoms with van der Waals surface area (Å²) in [6.07, 6.45) is 0. The van der Waals surface area contributed by atoms with Crippen LogP contribution < -0.4 is 5.73 Å². The molecule has 1 heterocycles. The SMILES string of the molecule is COC(=O)c1cc(CN2CCOCC2)ccc1N.Cl.Cl. The summed E-state index contributed by atoms with van der Waals surface area (Å²) in [5, 5.41) is 0. The first-order valence-electron chi connectivity index (χ1n) is 5.97. The first-order valence-corrected chi connectivity index (χ1v) is 5.97. The largest absolute Gasteiger partial charge is 0.465 e. The Morgan fingerprint density at radius 3 is 2.60 bits per heavy atom. The van der Waals surface area contributed by atoms with Gasteiger partial charge >= 0.3 is 5.97 Å². The number of ether oxygens (including phenoxy) is 2. The van der Waals surface area contributed by atoms with Gasteiger partial charge in [-0.25, -0.2) is 4.79 Å². The van der Waals surface area contributed by atoms with Crippen LogP contribution in [-0.2, 0) is 16.0 Å². The fraction of sp³-hybridized carbons (Fsp3) is 0.462. The molecule has 114 valence electrons. The van der Waals surface area contributed by atoms with Crippen LogP contribution >= 0.6 is 24.8 Å². The minimum atomic E-state index is -0.392. The first-order chi connectivity index (χ1) is 8.70. The molecule has 1 aromatic rings. The van der Waals surface area contributed by atoms with Crippen molar-refractivity contribution in [3.05, 3.63) is 29.3 Å². The maximum Gasteiger partial charge on any atom is 0.339 e. The average Bonchev–Trinajstić information content (AvgIpc) is 2.41. The van der Waals surface area contributed by atoms with E-state index in [9.17, 15) is 4.79 Å². The molecular formula is C13H20Cl2N2O3. The van der Waals surface area contributed by atoms with Gasteiger partial charge in [0.15, 0.2) is 0 Å². The fourth-order valence-electron chi connectivity index (χ4n) is 2.01. The van der Waals surface area contributed by atoms with E-state index >= 15 is 0 Å². The third-order valence-electron chi connectivity index (χ3n) is 3.03. The molecule has 1 aliphatic heterocycles. The molecule has 5 nitrogen and oxygen atoms in total. The van der Waals surface area contributed by atoms with E-state index in [1.54, 1.807) is 12.1 Å². The molecular weight excluding hydrogens is 303 g/mol. The van der Waals surface area contributed by atoms with E-state index in [2.05, 4.69) is 4.90 Å². The van der Waals surface area contributed by atoms with E-state index in [1.165, 1.54) is 7.11 Å². The smallest absolute Gasteiger partial charge is 0.339 e. The number of anilines is 1. The number of halogens is 2. The maximum absolute atomic E-state index is 11.5. The Morgan fingerprint density at radius 2 is 2.00 bits per heavy atom. The normalized spacial score (nSPS) is 14.8. The summed E-state index contributed by atoms with van der Waals surface area (Å²) < 4.78 is 10.0. The second-order valence-corrected chi connectivity index (χ2v) is 4.30. The number of methoxy groups -OCH3 is 1. The molecule has 1 saturated heterocycles. The van der Waals surface area contributed by atoms with E-state index < -0.39 is 5.97 Å². The number of esters is 1. The summed E-state index contributed by atoms with van der Waals surface area (Å²) in [5.41, 5.74) is 7.71. The molecule has 0 amide bonds. The summed E-state index contributed by atoms with van der Waals surface area (Å²) in [7, 11) is 1.36. The molecule has 0 atom stereocenters. The van der Waals surface area contributed by atoms with Crippen LogP contribution in [0, 0.1) is 0 Å². The van der Waals surface area contributed by atoms with E-state index in [4.69, 9.17) is 15.2 Å². The molecule has 0 saturated carbocycles. The molecule has 2 N–H and O–H groups in total. The van der Waals surface area contributed by atoms with E-state index in [-0.39, 0.29) is 24.8 Å². The number of nitrogens with two attached hydrogens (primary N) is 1. The average molecular weight is 323 g/mol. The number of hydrogen-bond donors (Lipinski definition) is 1. The van der Waals surface area contributed by atoms with Gasteiger partial charge in [0, 0.05) is 25.3 Å². The van der Waals surface area contributed by atoms with Gasteiger partial charge in [-0.3, -0.25) is 4.90 Å². The Bertz CT molecular complexity index is 438. The van der Waals surface area contributed by atoms with Crippen molar-refractivity contribution in [3.8, 4) is 0 Å². The van der Waals surface area contributed by atoms with Crippen LogP contribution in [0.2, 0.25) is 0 Å². The molecule has 0 aliphatic carbocycles. The van der Waals surface area contributed by atoms with Gasteiger partial charge in [0.2, 0.25) is 0 Å². The summed E-state index contributed by atoms with van der Waals surface area (Å²) in [6, 6.07) is 5.50. The van der Waals surface area contributed by atoms with Gasteiger partial charge in [-0.15, -0.1) is 24.8 Å². The zero-order valence-electron chi connectivity index (χ0n) is 11.3. The quantitative estimate of drug-likeness (QED) is 0.678. The zero-order valence-corrected chi connectivity index (χ0v) is 13.0. The Hall–Kier alpha value is -1.01. The predicted octanol–water partition coefficient (Wildman–Crippen LogP) is 1.73. The minimum absolute atomic E-state index is 0. The highest BCUT2D eigenvalue weighted by Crippen LogP contribution is 2.17. The van der Waals surface area contributed by atoms with Crippen LogP contribution in [-0.4, -0.2) is 44.3 Å². The van der Waals surface area contributed by atoms with Crippen molar-refractivity contribution in [2.24, 2.45) is 0 Å². The molecule has 2 rings (SSSR count). The van der Waals surface area contributed by atoms with Gasteiger partial charge in [-0.05, 0) is 17.7 Å². The molecule has 7 heteroatoms. The Morgan fingerprint density at radius 1 is 1.35 bits per heavy atom. The molecule has 1 aromatic carbocycles. The second kappa shape index (κ2) is 9.02. The van der Waals surface area contributed by atoms with Crippen LogP contribution in [0.15, 0.2) is 18.2 Å². The lowest BCUT2D eigenvalue weighted by atomic mass is 10.1. The Balaban J connectivity index is 0.00000180. The van der Waals surface area contributed by atoms with E-state index in [0.29, 0.717) is 11.3 Å². The lowest BCUT2D eigenvalue weighted by Crippen LogP contribution is -2.35. The minimum Gasteiger partial charge on any atom is -0.465 e. The van der Waals surface area contributed by atoms with Crippen LogP contribution in [0.3, 0.4) is 0 Å². The van der Waals surface area contributed by atoms with Gasteiger partial charge in [0.25, 0.3) is 0 Å². The highest BCUT2D eigenvalue weighted by atomic mass is 35.5. The third kappa shape index (κ3) is 4.83. The van der Waals surface area contributed by atoms with Crippen molar-refractivity contribution in [2.75, 3.05) is 39.1 Å². The Labute approximate surface area is 131 Å². The van der Waals surface area contributed by atoms with E-state index in [0.717, 1.165) is 38.4 Å². The summed E-state index contributed by atoms with van der Waals surface area (Å²) >= 11 is 0. The number of carbonyl (C=O) groups is 1. The highest BCUT2D eigenvalue weighted by molar-refractivity contribution is 5.95. The van der Waals surface area contributed by atoms with Gasteiger partial charge in [0.05, 0.1) is 25.9 Å². The molecule has 1 fully saturated rings. The molecule has 0 spiro atoms. The number of nitrogens with zero attached hydrogens (tertiary/aromatic N) is 1. The summed E-state index contributed by atoms with van der Waals surface area (Å²) in [5.74, 6) is -0.392. The van der Waals surface area contributed by atoms with Crippen molar-refractivity contribution < 1.29 is 14.3 Å². The lowest BCUT2D eigenvalue weighted by molar-refractivity contribution is 0.0341. The number of hydrogen-bond acceptors (Lipinski definition) is 5. The van der Waals surface area contributed by atoms with Crippen molar-refractivity contribution in [1.29, 1.82) is 0 Å². The Kier molecular flexibility index (Phi) is 8.57. The van der Waals surface area contributed by atoms with Crippen LogP contribution in [0.1, 0.15) is 15.9 Å². The number of rotatable bonds is 3. The number of morpholine rings is 1. The van der Waals surface area contributed by atoms with Crippen molar-refractivity contribution >= 4 is 36.5 Å². The topological polar surface area (TPSA) is 64.8 Å². The molecule has 0 unspecified atom stereocenters. The molecule has 1 aliphatic rings. The highest BCUT2D eigenvalue weighted by Gasteiger charge is 2.14. The molecule has 20 heavy (non-hydrogen) atoms. The van der Waals surface area contributed by atoms with Gasteiger partial charge in [-0.1, -0.05) is 6.07 Å². The van der Waals surface area contributed by atoms with Crippen LogP contribution in [0.25, 0.3) is 0 Å². The van der Waals surface area contributed by atoms with Crippen molar-refractivity contribution in [2.45, 2.75) is 6.54 Å². The monoisotopic (exact) mass is 322 g/mol. The molecule has 0 radical (unpaired) electrons. The number of nitrogen functional groups attached to an aromatic ring is 1. The van der Waals surface area contributed by atoms with Gasteiger partial charge in [0.1, 0.15) is 0 Å². The van der Waals surface area contributed by atoms with Crippen LogP contribution in [0.5, 0.6) is 0 Å². The standard InChI is InChI=1S/C13H18N2O3.2ClH/c1-17-13(16)11-8-10(2-3-12(11)14)9-15-4-6-18-7-5-15;;/h2-3,8H,4-7,9,14H2,1H3;2*1H. The maximum atomic E-state index is 11.5. The van der Waals surface area contributed by atoms with Gasteiger partial charge in [-0.2, -0.15) is 0 Å². The predicted molar refractivity (Wildman–Crippen MR) is 82.8 cm³/mol. The fourth-order valence-corrected chi connectivity index (χ4v) is 2.01. The van der Waals surface area contributed by atoms with E-state index in [1.807, 2.05) is 6.07 Å². The lowest BCUT2D eigenvalue weighted by Gasteiger charge is -2.26. The first kappa shape index (κ1) is 19.0. The van der Waals surface area contributed by atoms with Crippen molar-refractivity contribution in [1.82, 2.24) is 4.90 Å². The van der Waals surface area contributed by atoms with Crippen molar-refractivity contribution in [3.63, 3.8) is 0 Å². The van der Waals surface area contributed by atoms with Crippen LogP contribution in [0.4, 0.5) is 5.69 Å². The zero-order chi connectivity index (χ0) is 13.0. The van der Waals surface area contributed by atoms with Gasteiger partial charge < -0.3 is 15.2 Å². The molecule has 0 bridgehead atoms. The molecule has 0 aromatic heterocycles. The summed E-state index contributed by atoms with van der Waals surface area (Å²) in [6.45, 7) is 4.15. The number of carbonyl (C=O) groups excluding carboxylic acids is 1.